The predicted molar refractivity (Wildman–Crippen MR) is 221 cm³/mol. The van der Waals surface area contributed by atoms with Gasteiger partial charge in [0, 0.05) is 35.6 Å². The number of rotatable bonds is 19. The van der Waals surface area contributed by atoms with Crippen molar-refractivity contribution in [3.05, 3.63) is 22.2 Å². The average molecular weight is 815 g/mol. The standard InChI is InChI=1S/C42H66N6O8S/c1-40(2,3)57-26-34(45-33-13-14-35(48(51)52)38-37(33)46-56-47-38)39(50)44-29-15-17-42(5)28(25-29)9-11-30-31-12-10-27(41(31,4)18-16-32(30)42)7-6-8-36(49)55-24-23-54-22-21-53-20-19-43/h13-14,27-32,34,45H,6-12,15-26,43H2,1-5H3,(H,44,50)/t27?,28-,29-,30?,31?,32?,34+,41-,42+/m1/s1. The van der Waals surface area contributed by atoms with Crippen LogP contribution in [0.5, 0.6) is 0 Å². The van der Waals surface area contributed by atoms with Gasteiger partial charge in [-0.1, -0.05) is 34.6 Å². The number of nitrogens with one attached hydrogen (secondary N) is 2. The molecule has 4 saturated carbocycles. The molecular weight excluding hydrogens is 749 g/mol. The highest BCUT2D eigenvalue weighted by Gasteiger charge is 2.60. The largest absolute Gasteiger partial charge is 0.463 e. The van der Waals surface area contributed by atoms with Crippen LogP contribution in [0.3, 0.4) is 0 Å². The zero-order valence-corrected chi connectivity index (χ0v) is 35.5. The molecule has 2 aromatic rings. The number of aromatic nitrogens is 2. The van der Waals surface area contributed by atoms with E-state index in [0.29, 0.717) is 74.0 Å². The Kier molecular flexibility index (Phi) is 14.5. The van der Waals surface area contributed by atoms with Crippen molar-refractivity contribution < 1.29 is 33.4 Å². The number of carbonyl (C=O) groups excluding carboxylic acids is 2. The quantitative estimate of drug-likeness (QED) is 0.0554. The van der Waals surface area contributed by atoms with E-state index in [9.17, 15) is 19.7 Å². The highest BCUT2D eigenvalue weighted by Crippen LogP contribution is 2.68. The Balaban J connectivity index is 0.999. The van der Waals surface area contributed by atoms with Crippen LogP contribution in [-0.2, 0) is 23.8 Å². The number of nitro benzene ring substituents is 1. The number of hydrogen-bond acceptors (Lipinski definition) is 13. The van der Waals surface area contributed by atoms with E-state index >= 15 is 0 Å². The van der Waals surface area contributed by atoms with Crippen molar-refractivity contribution in [2.24, 2.45) is 46.2 Å². The van der Waals surface area contributed by atoms with Crippen molar-refractivity contribution in [1.29, 1.82) is 0 Å². The Morgan fingerprint density at radius 2 is 1.70 bits per heavy atom. The van der Waals surface area contributed by atoms with E-state index in [4.69, 9.17) is 24.6 Å². The first kappa shape index (κ1) is 43.6. The second-order valence-corrected chi connectivity index (χ2v) is 20.4. The SMILES string of the molecule is CC(C)(C)SC[C@H](Nc1ccc([N+](=O)[O-])c2nonc12)C(=O)N[C@@H]1CC[C@]2(C)C3CC[C@]4(C)C(CCCC(=O)OCCOCCOCCN)CCC4C3CC[C@@H]2C1. The molecule has 0 saturated heterocycles. The van der Waals surface area contributed by atoms with Crippen LogP contribution in [0, 0.1) is 50.5 Å². The van der Waals surface area contributed by atoms with Crippen molar-refractivity contribution in [3.63, 3.8) is 0 Å². The number of benzene rings is 1. The molecule has 15 heteroatoms. The summed E-state index contributed by atoms with van der Waals surface area (Å²) >= 11 is 1.69. The van der Waals surface area contributed by atoms with Gasteiger partial charge < -0.3 is 30.6 Å². The van der Waals surface area contributed by atoms with Crippen LogP contribution < -0.4 is 16.4 Å². The van der Waals surface area contributed by atoms with Crippen LogP contribution in [0.4, 0.5) is 11.4 Å². The van der Waals surface area contributed by atoms with Crippen LogP contribution in [0.25, 0.3) is 11.0 Å². The summed E-state index contributed by atoms with van der Waals surface area (Å²) in [5, 5.41) is 26.1. The Hall–Kier alpha value is -3.01. The van der Waals surface area contributed by atoms with Gasteiger partial charge in [-0.3, -0.25) is 19.7 Å². The van der Waals surface area contributed by atoms with Gasteiger partial charge in [0.25, 0.3) is 0 Å². The minimum absolute atomic E-state index is 0.0584. The molecule has 4 fully saturated rings. The van der Waals surface area contributed by atoms with Gasteiger partial charge >= 0.3 is 11.7 Å². The number of fused-ring (bicyclic) bond motifs is 6. The van der Waals surface area contributed by atoms with Gasteiger partial charge in [-0.25, -0.2) is 4.63 Å². The third kappa shape index (κ3) is 10.2. The maximum Gasteiger partial charge on any atom is 0.305 e. The van der Waals surface area contributed by atoms with Gasteiger partial charge in [0.05, 0.1) is 37.0 Å². The number of thioether (sulfide) groups is 1. The second kappa shape index (κ2) is 18.9. The number of hydrogen-bond donors (Lipinski definition) is 3. The van der Waals surface area contributed by atoms with Gasteiger partial charge in [0.15, 0.2) is 5.52 Å². The van der Waals surface area contributed by atoms with E-state index in [-0.39, 0.29) is 51.4 Å². The fourth-order valence-electron chi connectivity index (χ4n) is 11.3. The Labute approximate surface area is 341 Å². The highest BCUT2D eigenvalue weighted by atomic mass is 32.2. The number of nitrogens with two attached hydrogens (primary N) is 1. The van der Waals surface area contributed by atoms with Crippen LogP contribution >= 0.6 is 11.8 Å². The number of ether oxygens (including phenoxy) is 3. The maximum absolute atomic E-state index is 14.1. The smallest absolute Gasteiger partial charge is 0.305 e. The molecule has 1 heterocycles. The van der Waals surface area contributed by atoms with E-state index in [0.717, 1.165) is 43.9 Å². The van der Waals surface area contributed by atoms with Crippen molar-refractivity contribution in [2.45, 2.75) is 128 Å². The van der Waals surface area contributed by atoms with Crippen molar-refractivity contribution in [1.82, 2.24) is 15.6 Å². The summed E-state index contributed by atoms with van der Waals surface area (Å²) in [5.41, 5.74) is 6.62. The number of anilines is 1. The van der Waals surface area contributed by atoms with Crippen LogP contribution in [0.1, 0.15) is 112 Å². The molecule has 1 aromatic heterocycles. The molecule has 4 N–H and O–H groups in total. The summed E-state index contributed by atoms with van der Waals surface area (Å²) < 4.78 is 21.0. The fourth-order valence-corrected chi connectivity index (χ4v) is 12.2. The van der Waals surface area contributed by atoms with Crippen LogP contribution in [-0.4, -0.2) is 89.3 Å². The minimum Gasteiger partial charge on any atom is -0.463 e. The molecule has 0 spiro atoms. The van der Waals surface area contributed by atoms with Crippen molar-refractivity contribution in [2.75, 3.05) is 50.6 Å². The number of nitrogens with zero attached hydrogens (tertiary/aromatic N) is 3. The molecule has 4 aliphatic carbocycles. The molecule has 4 unspecified atom stereocenters. The lowest BCUT2D eigenvalue weighted by Gasteiger charge is -2.61. The monoisotopic (exact) mass is 814 g/mol. The molecule has 1 aromatic carbocycles. The first-order valence-electron chi connectivity index (χ1n) is 21.3. The van der Waals surface area contributed by atoms with Crippen molar-refractivity contribution >= 4 is 46.0 Å². The number of esters is 1. The fraction of sp³-hybridized carbons (Fsp3) is 0.810. The average Bonchev–Trinajstić information content (AvgIpc) is 3.79. The molecular formula is C42H66N6O8S. The first-order chi connectivity index (χ1) is 27.2. The summed E-state index contributed by atoms with van der Waals surface area (Å²) in [7, 11) is 0. The Bertz CT molecular complexity index is 1690. The number of amides is 1. The third-order valence-electron chi connectivity index (χ3n) is 14.2. The normalized spacial score (nSPS) is 30.2. The van der Waals surface area contributed by atoms with Crippen LogP contribution in [0.2, 0.25) is 0 Å². The van der Waals surface area contributed by atoms with E-state index in [1.807, 2.05) is 0 Å². The molecule has 0 aliphatic heterocycles. The molecule has 0 bridgehead atoms. The van der Waals surface area contributed by atoms with Gasteiger partial charge in [-0.2, -0.15) is 11.8 Å². The van der Waals surface area contributed by atoms with E-state index in [1.165, 1.54) is 44.6 Å². The zero-order chi connectivity index (χ0) is 40.8. The summed E-state index contributed by atoms with van der Waals surface area (Å²) in [5.74, 6) is 3.76. The number of carbonyl (C=O) groups is 2. The van der Waals surface area contributed by atoms with Crippen molar-refractivity contribution in [3.8, 4) is 0 Å². The summed E-state index contributed by atoms with van der Waals surface area (Å²) in [6.45, 7) is 14.1. The zero-order valence-electron chi connectivity index (χ0n) is 34.7. The molecule has 9 atom stereocenters. The Morgan fingerprint density at radius 3 is 2.46 bits per heavy atom. The van der Waals surface area contributed by atoms with Gasteiger partial charge in [0.1, 0.15) is 12.6 Å². The molecule has 0 radical (unpaired) electrons. The maximum atomic E-state index is 14.1. The second-order valence-electron chi connectivity index (χ2n) is 18.6. The molecule has 57 heavy (non-hydrogen) atoms. The summed E-state index contributed by atoms with van der Waals surface area (Å²) in [4.78, 5) is 37.6. The highest BCUT2D eigenvalue weighted by molar-refractivity contribution is 8.00. The molecule has 6 rings (SSSR count). The summed E-state index contributed by atoms with van der Waals surface area (Å²) in [6, 6.07) is 2.49. The van der Waals surface area contributed by atoms with E-state index < -0.39 is 11.0 Å². The number of non-ortho nitro benzene ring substituents is 1. The van der Waals surface area contributed by atoms with Gasteiger partial charge in [-0.15, -0.1) is 0 Å². The minimum atomic E-state index is -0.575. The lowest BCUT2D eigenvalue weighted by molar-refractivity contribution is -0.383. The predicted octanol–water partition coefficient (Wildman–Crippen LogP) is 7.29. The third-order valence-corrected chi connectivity index (χ3v) is 15.6. The van der Waals surface area contributed by atoms with Crippen LogP contribution in [0.15, 0.2) is 16.8 Å². The van der Waals surface area contributed by atoms with E-state index in [2.05, 4.69) is 55.6 Å². The molecule has 318 valence electrons. The first-order valence-corrected chi connectivity index (χ1v) is 22.3. The van der Waals surface area contributed by atoms with Gasteiger partial charge in [0.2, 0.25) is 11.4 Å². The Morgan fingerprint density at radius 1 is 0.982 bits per heavy atom. The van der Waals surface area contributed by atoms with E-state index in [1.54, 1.807) is 17.8 Å². The summed E-state index contributed by atoms with van der Waals surface area (Å²) in [6.07, 6.45) is 13.1. The van der Waals surface area contributed by atoms with Gasteiger partial charge in [-0.05, 0) is 127 Å². The topological polar surface area (TPSA) is 194 Å². The molecule has 4 aliphatic rings. The molecule has 14 nitrogen and oxygen atoms in total. The lowest BCUT2D eigenvalue weighted by atomic mass is 9.44. The lowest BCUT2D eigenvalue weighted by Crippen LogP contribution is -2.56. The molecule has 1 amide bonds. The number of nitro groups is 1.